The molecule has 0 heterocycles. The van der Waals surface area contributed by atoms with Gasteiger partial charge in [0.15, 0.2) is 0 Å². The van der Waals surface area contributed by atoms with Crippen molar-refractivity contribution < 1.29 is 27.7 Å². The van der Waals surface area contributed by atoms with E-state index in [1.165, 1.54) is 13.8 Å². The van der Waals surface area contributed by atoms with Crippen molar-refractivity contribution in [2.45, 2.75) is 27.0 Å². The number of nitrogens with one attached hydrogen (secondary N) is 1. The fourth-order valence-corrected chi connectivity index (χ4v) is 1.72. The highest BCUT2D eigenvalue weighted by Crippen LogP contribution is 2.49. The Morgan fingerprint density at radius 2 is 1.87 bits per heavy atom. The molecule has 0 aromatic carbocycles. The number of hydrogen-bond acceptors (Lipinski definition) is 6. The fraction of sp³-hybridized carbons (Fsp3) is 0.714. The molecule has 0 aliphatic carbocycles. The average molecular weight is 239 g/mol. The van der Waals surface area contributed by atoms with Crippen LogP contribution < -0.4 is 5.32 Å². The van der Waals surface area contributed by atoms with Gasteiger partial charge in [-0.3, -0.25) is 18.6 Å². The number of amides is 1. The van der Waals surface area contributed by atoms with E-state index in [1.54, 1.807) is 0 Å². The largest absolute Gasteiger partial charge is 0.533 e. The second-order valence-electron chi connectivity index (χ2n) is 2.66. The Morgan fingerprint density at radius 3 is 2.20 bits per heavy atom. The van der Waals surface area contributed by atoms with Crippen molar-refractivity contribution in [3.63, 3.8) is 0 Å². The molecular weight excluding hydrogens is 225 g/mol. The third-order valence-corrected chi connectivity index (χ3v) is 2.66. The smallest absolute Gasteiger partial charge is 0.371 e. The van der Waals surface area contributed by atoms with E-state index in [9.17, 15) is 14.2 Å². The molecule has 0 saturated heterocycles. The van der Waals surface area contributed by atoms with Gasteiger partial charge in [0.1, 0.15) is 6.23 Å². The number of phosphoric acid groups is 1. The van der Waals surface area contributed by atoms with Crippen LogP contribution in [0.2, 0.25) is 0 Å². The second-order valence-corrected chi connectivity index (χ2v) is 4.31. The van der Waals surface area contributed by atoms with Crippen LogP contribution >= 0.6 is 7.82 Å². The van der Waals surface area contributed by atoms with Gasteiger partial charge in [0.05, 0.1) is 0 Å². The van der Waals surface area contributed by atoms with Gasteiger partial charge in [-0.05, 0) is 6.92 Å². The first kappa shape index (κ1) is 14.1. The normalized spacial score (nSPS) is 16.3. The highest BCUT2D eigenvalue weighted by atomic mass is 31.2. The second kappa shape index (κ2) is 5.85. The number of rotatable bonds is 5. The lowest BCUT2D eigenvalue weighted by Crippen LogP contribution is -2.32. The monoisotopic (exact) mass is 239 g/mol. The molecule has 0 fully saturated rings. The van der Waals surface area contributed by atoms with Crippen LogP contribution in [0.1, 0.15) is 20.8 Å². The molecule has 0 radical (unpaired) electrons. The topological polar surface area (TPSA) is 90.9 Å². The Labute approximate surface area is 87.7 Å². The van der Waals surface area contributed by atoms with Crippen molar-refractivity contribution in [1.82, 2.24) is 5.32 Å². The molecule has 1 N–H and O–H groups in total. The summed E-state index contributed by atoms with van der Waals surface area (Å²) in [5, 5.41) is 2.30. The molecule has 8 heteroatoms. The summed E-state index contributed by atoms with van der Waals surface area (Å²) in [6, 6.07) is 0. The number of carbonyl (C=O) groups excluding carboxylic acids is 2. The zero-order valence-corrected chi connectivity index (χ0v) is 9.87. The molecule has 0 aliphatic heterocycles. The minimum absolute atomic E-state index is 0.368. The van der Waals surface area contributed by atoms with Gasteiger partial charge in [0.25, 0.3) is 0 Å². The quantitative estimate of drug-likeness (QED) is 0.563. The average Bonchev–Trinajstić information content (AvgIpc) is 2.00. The van der Waals surface area contributed by atoms with Crippen LogP contribution in [0, 0.1) is 0 Å². The molecule has 2 unspecified atom stereocenters. The maximum atomic E-state index is 11.5. The van der Waals surface area contributed by atoms with Crippen molar-refractivity contribution in [3.05, 3.63) is 0 Å². The Balaban J connectivity index is 4.36. The van der Waals surface area contributed by atoms with Crippen LogP contribution in [0.15, 0.2) is 0 Å². The predicted octanol–water partition coefficient (Wildman–Crippen LogP) is 0.803. The van der Waals surface area contributed by atoms with Crippen LogP contribution in [0.5, 0.6) is 0 Å². The third-order valence-electron chi connectivity index (χ3n) is 1.16. The van der Waals surface area contributed by atoms with E-state index in [4.69, 9.17) is 4.52 Å². The highest BCUT2D eigenvalue weighted by molar-refractivity contribution is 7.49. The van der Waals surface area contributed by atoms with E-state index in [1.807, 2.05) is 0 Å². The first-order valence-electron chi connectivity index (χ1n) is 4.10. The number of phosphoric ester groups is 1. The van der Waals surface area contributed by atoms with Gasteiger partial charge in [-0.2, -0.15) is 0 Å². The summed E-state index contributed by atoms with van der Waals surface area (Å²) in [7, 11) is -2.86. The molecule has 7 nitrogen and oxygen atoms in total. The van der Waals surface area contributed by atoms with E-state index in [-0.39, 0.29) is 5.91 Å². The van der Waals surface area contributed by atoms with Crippen molar-refractivity contribution in [3.8, 4) is 0 Å². The molecule has 88 valence electrons. The SMILES string of the molecule is COP(=O)(OC(C)=O)OC(C)NC(C)=O. The zero-order valence-electron chi connectivity index (χ0n) is 8.97. The van der Waals surface area contributed by atoms with E-state index in [2.05, 4.69) is 14.4 Å². The molecule has 1 amide bonds. The molecule has 0 rings (SSSR count). The van der Waals surface area contributed by atoms with E-state index in [0.717, 1.165) is 14.0 Å². The van der Waals surface area contributed by atoms with Crippen LogP contribution in [-0.2, 0) is 27.7 Å². The predicted molar refractivity (Wildman–Crippen MR) is 50.7 cm³/mol. The minimum Gasteiger partial charge on any atom is -0.371 e. The van der Waals surface area contributed by atoms with E-state index >= 15 is 0 Å². The van der Waals surface area contributed by atoms with Crippen LogP contribution in [-0.4, -0.2) is 25.2 Å². The van der Waals surface area contributed by atoms with Crippen molar-refractivity contribution >= 4 is 19.7 Å². The fourth-order valence-electron chi connectivity index (χ4n) is 0.766. The van der Waals surface area contributed by atoms with Gasteiger partial charge < -0.3 is 9.84 Å². The van der Waals surface area contributed by atoms with Gasteiger partial charge in [-0.15, -0.1) is 0 Å². The van der Waals surface area contributed by atoms with Crippen molar-refractivity contribution in [2.24, 2.45) is 0 Å². The summed E-state index contributed by atoms with van der Waals surface area (Å²) >= 11 is 0. The van der Waals surface area contributed by atoms with E-state index < -0.39 is 20.0 Å². The van der Waals surface area contributed by atoms with Crippen LogP contribution in [0.25, 0.3) is 0 Å². The number of hydrogen-bond donors (Lipinski definition) is 1. The molecule has 0 bridgehead atoms. The van der Waals surface area contributed by atoms with Gasteiger partial charge in [0, 0.05) is 21.0 Å². The van der Waals surface area contributed by atoms with Crippen molar-refractivity contribution in [1.29, 1.82) is 0 Å². The Morgan fingerprint density at radius 1 is 1.33 bits per heavy atom. The first-order valence-corrected chi connectivity index (χ1v) is 5.56. The zero-order chi connectivity index (χ0) is 12.1. The van der Waals surface area contributed by atoms with Crippen LogP contribution in [0.4, 0.5) is 0 Å². The number of carbonyl (C=O) groups is 2. The van der Waals surface area contributed by atoms with E-state index in [0.29, 0.717) is 0 Å². The molecule has 0 aliphatic rings. The molecular formula is C7H14NO6P. The lowest BCUT2D eigenvalue weighted by atomic mass is 10.6. The molecule has 2 atom stereocenters. The maximum absolute atomic E-state index is 11.5. The molecule has 0 saturated carbocycles. The van der Waals surface area contributed by atoms with Crippen molar-refractivity contribution in [2.75, 3.05) is 7.11 Å². The molecule has 0 aromatic rings. The third kappa shape index (κ3) is 6.22. The first-order chi connectivity index (χ1) is 6.79. The summed E-state index contributed by atoms with van der Waals surface area (Å²) in [6.07, 6.45) is -0.882. The molecule has 15 heavy (non-hydrogen) atoms. The Hall–Kier alpha value is -0.910. The Bertz CT molecular complexity index is 291. The highest BCUT2D eigenvalue weighted by Gasteiger charge is 2.31. The Kier molecular flexibility index (Phi) is 5.49. The maximum Gasteiger partial charge on any atom is 0.533 e. The van der Waals surface area contributed by atoms with Gasteiger partial charge in [-0.25, -0.2) is 4.57 Å². The standard InChI is InChI=1S/C7H14NO6P/c1-5(9)8-6(2)13-15(11,12-4)14-7(3)10/h6H,1-4H3,(H,8,9). The summed E-state index contributed by atoms with van der Waals surface area (Å²) < 4.78 is 25.1. The lowest BCUT2D eigenvalue weighted by Gasteiger charge is -2.19. The molecule has 0 spiro atoms. The summed E-state index contributed by atoms with van der Waals surface area (Å²) in [6.45, 7) is 3.76. The summed E-state index contributed by atoms with van der Waals surface area (Å²) in [5.74, 6) is -1.16. The van der Waals surface area contributed by atoms with Gasteiger partial charge >= 0.3 is 13.8 Å². The van der Waals surface area contributed by atoms with Gasteiger partial charge in [-0.1, -0.05) is 0 Å². The minimum atomic E-state index is -3.93. The lowest BCUT2D eigenvalue weighted by molar-refractivity contribution is -0.134. The summed E-state index contributed by atoms with van der Waals surface area (Å²) in [4.78, 5) is 21.2. The molecule has 0 aromatic heterocycles. The van der Waals surface area contributed by atoms with Crippen LogP contribution in [0.3, 0.4) is 0 Å². The van der Waals surface area contributed by atoms with Gasteiger partial charge in [0.2, 0.25) is 5.91 Å². The summed E-state index contributed by atoms with van der Waals surface area (Å²) in [5.41, 5.74) is 0.